The maximum absolute atomic E-state index is 8.88. The summed E-state index contributed by atoms with van der Waals surface area (Å²) in [7, 11) is -4.64. The number of hydrogen-bond acceptors (Lipinski definition) is 1. The van der Waals surface area contributed by atoms with Crippen molar-refractivity contribution in [2.24, 2.45) is 0 Å². The van der Waals surface area contributed by atoms with Crippen LogP contribution >= 0.6 is 35.4 Å². The summed E-state index contributed by atoms with van der Waals surface area (Å²) in [5, 5.41) is 2.02. The van der Waals surface area contributed by atoms with E-state index in [0.717, 1.165) is 15.0 Å². The fourth-order valence-electron chi connectivity index (χ4n) is 1.31. The zero-order valence-corrected chi connectivity index (χ0v) is 15.0. The summed E-state index contributed by atoms with van der Waals surface area (Å²) in [4.78, 5) is 24.8. The van der Waals surface area contributed by atoms with E-state index in [-0.39, 0.29) is 0 Å². The third-order valence-electron chi connectivity index (χ3n) is 1.93. The van der Waals surface area contributed by atoms with E-state index in [1.165, 1.54) is 5.04 Å². The second kappa shape index (κ2) is 6.63. The summed E-state index contributed by atoms with van der Waals surface area (Å²) >= 11 is 10.2. The molecule has 9 heteroatoms. The smallest absolute Gasteiger partial charge is 0.303 e. The summed E-state index contributed by atoms with van der Waals surface area (Å²) in [6.45, 7) is 0. The molecule has 5 nitrogen and oxygen atoms in total. The van der Waals surface area contributed by atoms with Crippen LogP contribution in [0.3, 0.4) is 0 Å². The monoisotopic (exact) mass is 365 g/mol. The molecule has 2 rings (SSSR count). The standard InChI is InChI=1S/C8H4BrClN.K.H3O4P/c9-6-1-2-7-5(8(6)10)3-4-11-7;;1-5(2,3)4/h1-2,4,11H;;(H3,1,2,3,4). The number of aromatic amines is 1. The van der Waals surface area contributed by atoms with Crippen molar-refractivity contribution >= 4 is 94.9 Å². The third-order valence-corrected chi connectivity index (χ3v) is 4.45. The minimum atomic E-state index is -4.64. The molecule has 1 heterocycles. The molecular formula is C8H7BrClKNO4P. The summed E-state index contributed by atoms with van der Waals surface area (Å²) in [6.07, 6.45) is 2.04. The molecular weight excluding hydrogens is 360 g/mol. The first-order valence-corrected chi connectivity index (χ1v) is 8.70. The van der Waals surface area contributed by atoms with Gasteiger partial charge in [-0.05, 0) is 0 Å². The van der Waals surface area contributed by atoms with Gasteiger partial charge in [0.25, 0.3) is 0 Å². The van der Waals surface area contributed by atoms with Crippen molar-refractivity contribution in [2.45, 2.75) is 0 Å². The molecule has 0 saturated heterocycles. The van der Waals surface area contributed by atoms with Gasteiger partial charge in [-0.25, -0.2) is 4.57 Å². The van der Waals surface area contributed by atoms with Gasteiger partial charge in [-0.3, -0.25) is 0 Å². The van der Waals surface area contributed by atoms with Gasteiger partial charge in [-0.1, -0.05) is 0 Å². The Balaban J connectivity index is 0.000000249. The number of fused-ring (bicyclic) bond motifs is 1. The largest absolute Gasteiger partial charge is 0.466 e. The molecule has 0 aliphatic heterocycles. The number of halogens is 2. The van der Waals surface area contributed by atoms with Crippen LogP contribution in [0.5, 0.6) is 0 Å². The second-order valence-corrected chi connectivity index (χ2v) is 7.21. The number of hydrogen-bond donors (Lipinski definition) is 4. The molecule has 4 N–H and O–H groups in total. The number of rotatable bonds is 0. The molecule has 0 aliphatic carbocycles. The molecule has 0 bridgehead atoms. The van der Waals surface area contributed by atoms with Gasteiger partial charge in [0.1, 0.15) is 0 Å². The summed E-state index contributed by atoms with van der Waals surface area (Å²) < 4.78 is 11.2. The molecule has 0 amide bonds. The average Bonchev–Trinajstić information content (AvgIpc) is 2.52. The predicted octanol–water partition coefficient (Wildman–Crippen LogP) is 1.45. The Hall–Kier alpha value is 1.28. The van der Waals surface area contributed by atoms with Gasteiger partial charge < -0.3 is 14.7 Å². The molecule has 17 heavy (non-hydrogen) atoms. The zero-order chi connectivity index (χ0) is 13.2. The van der Waals surface area contributed by atoms with E-state index in [2.05, 4.69) is 20.9 Å². The molecule has 0 fully saturated rings. The SMILES string of the molecule is Clc1c(Br)ccc2[nH]c[c]([K])c12.O=P(O)(O)O. The molecule has 0 spiro atoms. The maximum Gasteiger partial charge on any atom is 0.466 e. The Morgan fingerprint density at radius 2 is 1.88 bits per heavy atom. The van der Waals surface area contributed by atoms with E-state index in [0.29, 0.717) is 49.0 Å². The third kappa shape index (κ3) is 5.42. The van der Waals surface area contributed by atoms with Gasteiger partial charge in [0, 0.05) is 0 Å². The fraction of sp³-hybridized carbons (Fsp3) is 0. The van der Waals surface area contributed by atoms with Crippen molar-refractivity contribution in [3.63, 3.8) is 0 Å². The van der Waals surface area contributed by atoms with Crippen molar-refractivity contribution in [2.75, 3.05) is 0 Å². The van der Waals surface area contributed by atoms with E-state index in [4.69, 9.17) is 30.8 Å². The zero-order valence-electron chi connectivity index (χ0n) is 8.69. The predicted molar refractivity (Wildman–Crippen MR) is 70.7 cm³/mol. The molecule has 0 aliphatic rings. The van der Waals surface area contributed by atoms with Crippen LogP contribution in [0, 0.1) is 0 Å². The summed E-state index contributed by atoms with van der Waals surface area (Å²) in [5.74, 6) is 0. The van der Waals surface area contributed by atoms with E-state index >= 15 is 0 Å². The molecule has 1 aromatic carbocycles. The number of phosphoric acid groups is 1. The fourth-order valence-corrected chi connectivity index (χ4v) is 3.24. The van der Waals surface area contributed by atoms with E-state index in [1.54, 1.807) is 0 Å². The Morgan fingerprint density at radius 3 is 2.41 bits per heavy atom. The van der Waals surface area contributed by atoms with Crippen LogP contribution in [0.2, 0.25) is 5.02 Å². The van der Waals surface area contributed by atoms with Gasteiger partial charge in [0.05, 0.1) is 0 Å². The van der Waals surface area contributed by atoms with E-state index < -0.39 is 7.82 Å². The number of benzene rings is 1. The van der Waals surface area contributed by atoms with Gasteiger partial charge in [-0.2, -0.15) is 0 Å². The molecule has 88 valence electrons. The van der Waals surface area contributed by atoms with Gasteiger partial charge >= 0.3 is 128 Å². The molecule has 2 aromatic rings. The number of aromatic nitrogens is 1. The molecule has 0 radical (unpaired) electrons. The van der Waals surface area contributed by atoms with E-state index in [9.17, 15) is 0 Å². The first-order chi connectivity index (χ1) is 7.70. The molecule has 0 atom stereocenters. The minimum Gasteiger partial charge on any atom is -0.303 e. The summed E-state index contributed by atoms with van der Waals surface area (Å²) in [6, 6.07) is 4.01. The normalized spacial score (nSPS) is 11.2. The maximum atomic E-state index is 8.88. The van der Waals surface area contributed by atoms with Crippen molar-refractivity contribution < 1.29 is 19.2 Å². The van der Waals surface area contributed by atoms with Gasteiger partial charge in [-0.15, -0.1) is 0 Å². The molecule has 1 aromatic heterocycles. The van der Waals surface area contributed by atoms with Crippen LogP contribution in [0.15, 0.2) is 22.8 Å². The van der Waals surface area contributed by atoms with Crippen LogP contribution < -0.4 is -0.342 Å². The first kappa shape index (κ1) is 16.3. The molecule has 0 saturated carbocycles. The Morgan fingerprint density at radius 1 is 1.35 bits per heavy atom. The van der Waals surface area contributed by atoms with Gasteiger partial charge in [0.2, 0.25) is 0 Å². The summed E-state index contributed by atoms with van der Waals surface area (Å²) in [5.41, 5.74) is 1.13. The van der Waals surface area contributed by atoms with Crippen LogP contribution in [0.1, 0.15) is 0 Å². The van der Waals surface area contributed by atoms with Crippen LogP contribution in [0.4, 0.5) is 0 Å². The second-order valence-electron chi connectivity index (χ2n) is 3.27. The van der Waals surface area contributed by atoms with E-state index in [1.807, 2.05) is 18.3 Å². The van der Waals surface area contributed by atoms with Gasteiger partial charge in [0.15, 0.2) is 0 Å². The van der Waals surface area contributed by atoms with Crippen LogP contribution in [-0.2, 0) is 4.57 Å². The number of nitrogens with one attached hydrogen (secondary N) is 1. The topological polar surface area (TPSA) is 93.6 Å². The van der Waals surface area contributed by atoms with Crippen molar-refractivity contribution in [3.8, 4) is 0 Å². The van der Waals surface area contributed by atoms with Crippen LogP contribution in [0.25, 0.3) is 10.9 Å². The Labute approximate surface area is 145 Å². The van der Waals surface area contributed by atoms with Crippen LogP contribution in [-0.4, -0.2) is 68.6 Å². The quantitative estimate of drug-likeness (QED) is 0.419. The Bertz CT molecular complexity index is 576. The van der Waals surface area contributed by atoms with Crippen molar-refractivity contribution in [1.29, 1.82) is 0 Å². The Kier molecular flexibility index (Phi) is 6.37. The van der Waals surface area contributed by atoms with Crippen molar-refractivity contribution in [3.05, 3.63) is 27.8 Å². The average molecular weight is 367 g/mol. The molecule has 0 unspecified atom stereocenters. The van der Waals surface area contributed by atoms with Crippen molar-refractivity contribution in [1.82, 2.24) is 4.98 Å². The minimum absolute atomic E-state index is 0.662. The first-order valence-electron chi connectivity index (χ1n) is 4.40. The number of H-pyrrole nitrogens is 1.